The first-order valence-corrected chi connectivity index (χ1v) is 15.4. The second-order valence-electron chi connectivity index (χ2n) is 11.5. The SMILES string of the molecule is COCCN(CCOC)c1nc(N2CCN(C)C(=O)C2)c2nc(N3CCN(C(C)=O)CC3)nc(N3CCC(OC)CC3)c2n1. The quantitative estimate of drug-likeness (QED) is 0.339. The second-order valence-corrected chi connectivity index (χ2v) is 11.5. The number of fused-ring (bicyclic) bond motifs is 1. The highest BCUT2D eigenvalue weighted by atomic mass is 16.5. The van der Waals surface area contributed by atoms with Crippen LogP contribution < -0.4 is 19.6 Å². The van der Waals surface area contributed by atoms with Crippen LogP contribution in [0.15, 0.2) is 0 Å². The third-order valence-electron chi connectivity index (χ3n) is 8.74. The Hall–Kier alpha value is -3.56. The highest BCUT2D eigenvalue weighted by molar-refractivity contribution is 5.96. The second kappa shape index (κ2) is 14.5. The molecule has 15 heteroatoms. The lowest BCUT2D eigenvalue weighted by Gasteiger charge is -2.37. The van der Waals surface area contributed by atoms with Crippen molar-refractivity contribution in [3.05, 3.63) is 0 Å². The molecule has 0 aromatic carbocycles. The monoisotopic (exact) mass is 614 g/mol. The number of carbonyl (C=O) groups excluding carboxylic acids is 2. The fourth-order valence-electron chi connectivity index (χ4n) is 5.87. The van der Waals surface area contributed by atoms with Gasteiger partial charge in [-0.15, -0.1) is 0 Å². The minimum absolute atomic E-state index is 0.0247. The zero-order valence-electron chi connectivity index (χ0n) is 26.7. The van der Waals surface area contributed by atoms with E-state index >= 15 is 0 Å². The van der Waals surface area contributed by atoms with Crippen LogP contribution in [0.4, 0.5) is 23.5 Å². The van der Waals surface area contributed by atoms with E-state index in [4.69, 9.17) is 34.1 Å². The van der Waals surface area contributed by atoms with Crippen LogP contribution in [0.1, 0.15) is 19.8 Å². The molecule has 5 rings (SSSR count). The van der Waals surface area contributed by atoms with E-state index in [1.54, 1.807) is 33.2 Å². The van der Waals surface area contributed by atoms with Gasteiger partial charge in [0, 0.05) is 101 Å². The number of anilines is 4. The van der Waals surface area contributed by atoms with E-state index < -0.39 is 0 Å². The molecule has 2 aromatic heterocycles. The molecule has 0 radical (unpaired) electrons. The van der Waals surface area contributed by atoms with Crippen molar-refractivity contribution < 1.29 is 23.8 Å². The van der Waals surface area contributed by atoms with E-state index in [9.17, 15) is 9.59 Å². The van der Waals surface area contributed by atoms with E-state index in [0.717, 1.165) is 31.7 Å². The summed E-state index contributed by atoms with van der Waals surface area (Å²) in [5, 5.41) is 0. The largest absolute Gasteiger partial charge is 0.383 e. The van der Waals surface area contributed by atoms with E-state index in [2.05, 4.69) is 9.80 Å². The number of piperidine rings is 1. The third kappa shape index (κ3) is 7.05. The van der Waals surface area contributed by atoms with Crippen molar-refractivity contribution in [1.29, 1.82) is 0 Å². The molecule has 0 atom stereocenters. The Morgan fingerprint density at radius 1 is 0.795 bits per heavy atom. The number of methoxy groups -OCH3 is 3. The predicted molar refractivity (Wildman–Crippen MR) is 168 cm³/mol. The van der Waals surface area contributed by atoms with Gasteiger partial charge < -0.3 is 43.6 Å². The Balaban J connectivity index is 1.65. The Morgan fingerprint density at radius 2 is 1.41 bits per heavy atom. The molecule has 0 bridgehead atoms. The Morgan fingerprint density at radius 3 is 2.00 bits per heavy atom. The molecule has 15 nitrogen and oxygen atoms in total. The van der Waals surface area contributed by atoms with E-state index in [-0.39, 0.29) is 24.5 Å². The van der Waals surface area contributed by atoms with Gasteiger partial charge >= 0.3 is 0 Å². The Labute approximate surface area is 259 Å². The van der Waals surface area contributed by atoms with Crippen molar-refractivity contribution in [3.8, 4) is 0 Å². The average molecular weight is 615 g/mol. The normalized spacial score (nSPS) is 18.5. The maximum Gasteiger partial charge on any atom is 0.241 e. The molecule has 0 spiro atoms. The summed E-state index contributed by atoms with van der Waals surface area (Å²) in [5.74, 6) is 2.56. The fourth-order valence-corrected chi connectivity index (χ4v) is 5.87. The highest BCUT2D eigenvalue weighted by Crippen LogP contribution is 2.34. The van der Waals surface area contributed by atoms with Gasteiger partial charge in [-0.25, -0.2) is 9.97 Å². The Bertz CT molecular complexity index is 1290. The van der Waals surface area contributed by atoms with Crippen molar-refractivity contribution in [1.82, 2.24) is 29.7 Å². The van der Waals surface area contributed by atoms with Gasteiger partial charge in [-0.1, -0.05) is 0 Å². The first-order chi connectivity index (χ1) is 21.3. The van der Waals surface area contributed by atoms with Crippen LogP contribution in [0.2, 0.25) is 0 Å². The summed E-state index contributed by atoms with van der Waals surface area (Å²) in [6, 6.07) is 0. The molecule has 44 heavy (non-hydrogen) atoms. The molecule has 242 valence electrons. The highest BCUT2D eigenvalue weighted by Gasteiger charge is 2.31. The van der Waals surface area contributed by atoms with Gasteiger partial charge in [-0.05, 0) is 12.8 Å². The summed E-state index contributed by atoms with van der Waals surface area (Å²) in [5.41, 5.74) is 1.27. The summed E-state index contributed by atoms with van der Waals surface area (Å²) in [7, 11) is 6.93. The molecule has 0 saturated carbocycles. The molecule has 3 fully saturated rings. The molecule has 3 aliphatic heterocycles. The summed E-state index contributed by atoms with van der Waals surface area (Å²) < 4.78 is 16.5. The van der Waals surface area contributed by atoms with Gasteiger partial charge in [0.15, 0.2) is 11.6 Å². The van der Waals surface area contributed by atoms with Crippen molar-refractivity contribution in [2.24, 2.45) is 0 Å². The maximum absolute atomic E-state index is 12.9. The van der Waals surface area contributed by atoms with E-state index in [1.165, 1.54) is 0 Å². The van der Waals surface area contributed by atoms with Crippen LogP contribution >= 0.6 is 0 Å². The van der Waals surface area contributed by atoms with Gasteiger partial charge in [0.05, 0.1) is 25.9 Å². The molecule has 2 aromatic rings. The number of ether oxygens (including phenoxy) is 3. The minimum atomic E-state index is 0.0247. The number of rotatable bonds is 11. The number of amides is 2. The summed E-state index contributed by atoms with van der Waals surface area (Å²) in [6.07, 6.45) is 1.95. The number of hydrogen-bond donors (Lipinski definition) is 0. The van der Waals surface area contributed by atoms with Gasteiger partial charge in [-0.3, -0.25) is 9.59 Å². The van der Waals surface area contributed by atoms with Gasteiger partial charge in [0.2, 0.25) is 23.7 Å². The van der Waals surface area contributed by atoms with Crippen LogP contribution in [0, 0.1) is 0 Å². The zero-order valence-corrected chi connectivity index (χ0v) is 26.7. The molecular weight excluding hydrogens is 568 g/mol. The molecule has 3 aliphatic rings. The molecule has 2 amide bonds. The topological polar surface area (TPSA) is 133 Å². The van der Waals surface area contributed by atoms with Gasteiger partial charge in [0.25, 0.3) is 0 Å². The third-order valence-corrected chi connectivity index (χ3v) is 8.74. The summed E-state index contributed by atoms with van der Waals surface area (Å²) in [4.78, 5) is 57.4. The molecule has 3 saturated heterocycles. The van der Waals surface area contributed by atoms with Crippen LogP contribution in [0.5, 0.6) is 0 Å². The molecule has 5 heterocycles. The first-order valence-electron chi connectivity index (χ1n) is 15.4. The lowest BCUT2D eigenvalue weighted by molar-refractivity contribution is -0.130. The molecule has 0 unspecified atom stereocenters. The zero-order chi connectivity index (χ0) is 31.2. The van der Waals surface area contributed by atoms with Gasteiger partial charge in [-0.2, -0.15) is 9.97 Å². The molecule has 0 aliphatic carbocycles. The molecule has 0 N–H and O–H groups in total. The number of aromatic nitrogens is 4. The van der Waals surface area contributed by atoms with E-state index in [0.29, 0.717) is 94.3 Å². The van der Waals surface area contributed by atoms with Crippen LogP contribution in [0.3, 0.4) is 0 Å². The number of piperazine rings is 2. The number of likely N-dealkylation sites (N-methyl/N-ethyl adjacent to an activating group) is 1. The van der Waals surface area contributed by atoms with Crippen molar-refractivity contribution in [2.75, 3.05) is 133 Å². The average Bonchev–Trinajstić information content (AvgIpc) is 3.05. The van der Waals surface area contributed by atoms with Crippen molar-refractivity contribution >= 4 is 46.4 Å². The lowest BCUT2D eigenvalue weighted by atomic mass is 10.1. The lowest BCUT2D eigenvalue weighted by Crippen LogP contribution is -2.49. The molecular formula is C29H46N10O5. The van der Waals surface area contributed by atoms with Crippen LogP contribution in [0.25, 0.3) is 11.0 Å². The summed E-state index contributed by atoms with van der Waals surface area (Å²) >= 11 is 0. The van der Waals surface area contributed by atoms with Crippen molar-refractivity contribution in [3.63, 3.8) is 0 Å². The summed E-state index contributed by atoms with van der Waals surface area (Å²) in [6.45, 7) is 9.12. The standard InChI is InChI=1S/C29H46N10O5/c1-21(40)35-12-14-37(15-13-35)28-31-25-24(26(32-28)36-8-6-22(44-5)7-9-36)30-29(38(16-18-42-3)17-19-43-4)33-27(25)39-11-10-34(2)23(41)20-39/h22H,6-20H2,1-5H3. The van der Waals surface area contributed by atoms with Crippen LogP contribution in [-0.2, 0) is 23.8 Å². The van der Waals surface area contributed by atoms with Crippen molar-refractivity contribution in [2.45, 2.75) is 25.9 Å². The number of carbonyl (C=O) groups is 2. The smallest absolute Gasteiger partial charge is 0.241 e. The Kier molecular flexibility index (Phi) is 10.5. The predicted octanol–water partition coefficient (Wildman–Crippen LogP) is 0.0811. The maximum atomic E-state index is 12.9. The number of hydrogen-bond acceptors (Lipinski definition) is 13. The van der Waals surface area contributed by atoms with Crippen LogP contribution in [-0.4, -0.2) is 161 Å². The van der Waals surface area contributed by atoms with E-state index in [1.807, 2.05) is 21.7 Å². The van der Waals surface area contributed by atoms with Gasteiger partial charge in [0.1, 0.15) is 11.0 Å². The minimum Gasteiger partial charge on any atom is -0.383 e. The fraction of sp³-hybridized carbons (Fsp3) is 0.724. The number of nitrogens with zero attached hydrogens (tertiary/aromatic N) is 10. The first kappa shape index (κ1) is 31.9.